The Kier molecular flexibility index (Phi) is 5.37. The maximum atomic E-state index is 12.9. The fraction of sp³-hybridized carbons (Fsp3) is 0.0455. The second kappa shape index (κ2) is 8.06. The van der Waals surface area contributed by atoms with Crippen LogP contribution in [0.4, 0.5) is 4.39 Å². The SMILES string of the molecule is O=C(/C=C\c1ccc(OCc2ccccc2)cc1)c1ccc(F)cc1. The van der Waals surface area contributed by atoms with E-state index in [1.807, 2.05) is 54.6 Å². The molecule has 0 aliphatic carbocycles. The van der Waals surface area contributed by atoms with Gasteiger partial charge in [-0.25, -0.2) is 4.39 Å². The van der Waals surface area contributed by atoms with E-state index in [2.05, 4.69) is 0 Å². The molecule has 2 nitrogen and oxygen atoms in total. The van der Waals surface area contributed by atoms with Crippen molar-refractivity contribution in [2.24, 2.45) is 0 Å². The average molecular weight is 332 g/mol. The fourth-order valence-electron chi connectivity index (χ4n) is 2.30. The van der Waals surface area contributed by atoms with E-state index >= 15 is 0 Å². The van der Waals surface area contributed by atoms with E-state index in [4.69, 9.17) is 4.74 Å². The van der Waals surface area contributed by atoms with Crippen molar-refractivity contribution in [1.29, 1.82) is 0 Å². The first kappa shape index (κ1) is 16.7. The fourth-order valence-corrected chi connectivity index (χ4v) is 2.30. The summed E-state index contributed by atoms with van der Waals surface area (Å²) in [5, 5.41) is 0. The lowest BCUT2D eigenvalue weighted by Gasteiger charge is -2.06. The molecule has 0 fully saturated rings. The number of carbonyl (C=O) groups is 1. The van der Waals surface area contributed by atoms with E-state index in [0.717, 1.165) is 16.9 Å². The van der Waals surface area contributed by atoms with E-state index < -0.39 is 0 Å². The third-order valence-corrected chi connectivity index (χ3v) is 3.68. The summed E-state index contributed by atoms with van der Waals surface area (Å²) >= 11 is 0. The van der Waals surface area contributed by atoms with Crippen molar-refractivity contribution in [2.75, 3.05) is 0 Å². The first-order valence-electron chi connectivity index (χ1n) is 7.95. The number of hydrogen-bond donors (Lipinski definition) is 0. The second-order valence-corrected chi connectivity index (χ2v) is 5.55. The lowest BCUT2D eigenvalue weighted by Crippen LogP contribution is -1.95. The van der Waals surface area contributed by atoms with Crippen LogP contribution in [0.25, 0.3) is 6.08 Å². The van der Waals surface area contributed by atoms with Crippen LogP contribution in [-0.2, 0) is 6.61 Å². The molecule has 0 amide bonds. The maximum absolute atomic E-state index is 12.9. The Balaban J connectivity index is 1.58. The molecule has 0 saturated heterocycles. The van der Waals surface area contributed by atoms with E-state index in [1.54, 1.807) is 6.08 Å². The van der Waals surface area contributed by atoms with Crippen LogP contribution in [0.5, 0.6) is 5.75 Å². The zero-order chi connectivity index (χ0) is 17.5. The Morgan fingerprint density at radius 2 is 1.56 bits per heavy atom. The normalized spacial score (nSPS) is 10.8. The Labute approximate surface area is 146 Å². The summed E-state index contributed by atoms with van der Waals surface area (Å²) in [7, 11) is 0. The largest absolute Gasteiger partial charge is 0.489 e. The molecule has 0 saturated carbocycles. The minimum absolute atomic E-state index is 0.163. The standard InChI is InChI=1S/C22H17FO2/c23-20-11-9-19(10-12-20)22(24)15-8-17-6-13-21(14-7-17)25-16-18-4-2-1-3-5-18/h1-15H,16H2/b15-8-. The van der Waals surface area contributed by atoms with Gasteiger partial charge in [0.1, 0.15) is 18.2 Å². The van der Waals surface area contributed by atoms with Gasteiger partial charge in [-0.1, -0.05) is 48.5 Å². The van der Waals surface area contributed by atoms with Crippen LogP contribution in [0.15, 0.2) is 84.9 Å². The van der Waals surface area contributed by atoms with Gasteiger partial charge in [-0.15, -0.1) is 0 Å². The van der Waals surface area contributed by atoms with Gasteiger partial charge in [0, 0.05) is 5.56 Å². The molecule has 3 rings (SSSR count). The summed E-state index contributed by atoms with van der Waals surface area (Å²) in [4.78, 5) is 12.0. The van der Waals surface area contributed by atoms with Gasteiger partial charge in [-0.2, -0.15) is 0 Å². The minimum atomic E-state index is -0.355. The number of allylic oxidation sites excluding steroid dienone is 1. The number of hydrogen-bond acceptors (Lipinski definition) is 2. The number of carbonyl (C=O) groups excluding carboxylic acids is 1. The van der Waals surface area contributed by atoms with Gasteiger partial charge in [0.15, 0.2) is 5.78 Å². The number of benzene rings is 3. The van der Waals surface area contributed by atoms with Crippen LogP contribution in [0.3, 0.4) is 0 Å². The molecule has 3 aromatic rings. The molecule has 124 valence electrons. The van der Waals surface area contributed by atoms with Crippen molar-refractivity contribution in [3.05, 3.63) is 107 Å². The summed E-state index contributed by atoms with van der Waals surface area (Å²) < 4.78 is 18.6. The van der Waals surface area contributed by atoms with E-state index in [0.29, 0.717) is 12.2 Å². The first-order valence-corrected chi connectivity index (χ1v) is 7.95. The number of rotatable bonds is 6. The first-order chi connectivity index (χ1) is 12.2. The van der Waals surface area contributed by atoms with Crippen molar-refractivity contribution < 1.29 is 13.9 Å². The highest BCUT2D eigenvalue weighted by atomic mass is 19.1. The molecule has 0 aliphatic heterocycles. The summed E-state index contributed by atoms with van der Waals surface area (Å²) in [5.74, 6) is 0.252. The molecule has 3 heteroatoms. The predicted molar refractivity (Wildman–Crippen MR) is 97.0 cm³/mol. The van der Waals surface area contributed by atoms with Crippen LogP contribution in [0, 0.1) is 5.82 Å². The molecule has 0 heterocycles. The molecular formula is C22H17FO2. The monoisotopic (exact) mass is 332 g/mol. The van der Waals surface area contributed by atoms with Gasteiger partial charge in [-0.3, -0.25) is 4.79 Å². The third kappa shape index (κ3) is 4.88. The van der Waals surface area contributed by atoms with Crippen molar-refractivity contribution in [3.63, 3.8) is 0 Å². The molecule has 25 heavy (non-hydrogen) atoms. The third-order valence-electron chi connectivity index (χ3n) is 3.68. The van der Waals surface area contributed by atoms with Gasteiger partial charge in [0.2, 0.25) is 0 Å². The van der Waals surface area contributed by atoms with Crippen molar-refractivity contribution >= 4 is 11.9 Å². The number of halogens is 1. The topological polar surface area (TPSA) is 26.3 Å². The molecule has 0 unspecified atom stereocenters. The minimum Gasteiger partial charge on any atom is -0.489 e. The van der Waals surface area contributed by atoms with Crippen LogP contribution in [-0.4, -0.2) is 5.78 Å². The van der Waals surface area contributed by atoms with E-state index in [9.17, 15) is 9.18 Å². The summed E-state index contributed by atoms with van der Waals surface area (Å²) in [6.45, 7) is 0.513. The quantitative estimate of drug-likeness (QED) is 0.452. The summed E-state index contributed by atoms with van der Waals surface area (Å²) in [6.07, 6.45) is 3.21. The molecule has 0 aliphatic rings. The van der Waals surface area contributed by atoms with E-state index in [1.165, 1.54) is 30.3 Å². The van der Waals surface area contributed by atoms with E-state index in [-0.39, 0.29) is 11.6 Å². The van der Waals surface area contributed by atoms with Crippen LogP contribution in [0.1, 0.15) is 21.5 Å². The molecular weight excluding hydrogens is 315 g/mol. The Bertz CT molecular complexity index is 851. The zero-order valence-electron chi connectivity index (χ0n) is 13.6. The van der Waals surface area contributed by atoms with Crippen molar-refractivity contribution in [2.45, 2.75) is 6.61 Å². The molecule has 3 aromatic carbocycles. The van der Waals surface area contributed by atoms with Crippen LogP contribution >= 0.6 is 0 Å². The molecule has 0 bridgehead atoms. The Morgan fingerprint density at radius 1 is 0.880 bits per heavy atom. The summed E-state index contributed by atoms with van der Waals surface area (Å²) in [5.41, 5.74) is 2.46. The molecule has 0 radical (unpaired) electrons. The highest BCUT2D eigenvalue weighted by Crippen LogP contribution is 2.15. The van der Waals surface area contributed by atoms with Gasteiger partial charge in [-0.05, 0) is 53.6 Å². The maximum Gasteiger partial charge on any atom is 0.185 e. The smallest absolute Gasteiger partial charge is 0.185 e. The number of ketones is 1. The highest BCUT2D eigenvalue weighted by Gasteiger charge is 2.01. The lowest BCUT2D eigenvalue weighted by molar-refractivity contribution is 0.104. The van der Waals surface area contributed by atoms with Gasteiger partial charge in [0.05, 0.1) is 0 Å². The van der Waals surface area contributed by atoms with Crippen LogP contribution < -0.4 is 4.74 Å². The highest BCUT2D eigenvalue weighted by molar-refractivity contribution is 6.06. The zero-order valence-corrected chi connectivity index (χ0v) is 13.6. The lowest BCUT2D eigenvalue weighted by atomic mass is 10.1. The number of ether oxygens (including phenoxy) is 1. The second-order valence-electron chi connectivity index (χ2n) is 5.55. The van der Waals surface area contributed by atoms with Gasteiger partial charge >= 0.3 is 0 Å². The Morgan fingerprint density at radius 3 is 2.24 bits per heavy atom. The molecule has 0 N–H and O–H groups in total. The van der Waals surface area contributed by atoms with Gasteiger partial charge in [0.25, 0.3) is 0 Å². The molecule has 0 aromatic heterocycles. The molecule has 0 spiro atoms. The summed E-state index contributed by atoms with van der Waals surface area (Å²) in [6, 6.07) is 23.0. The average Bonchev–Trinajstić information content (AvgIpc) is 2.67. The van der Waals surface area contributed by atoms with Crippen molar-refractivity contribution in [3.8, 4) is 5.75 Å². The van der Waals surface area contributed by atoms with Crippen molar-refractivity contribution in [1.82, 2.24) is 0 Å². The van der Waals surface area contributed by atoms with Crippen LogP contribution in [0.2, 0.25) is 0 Å². The molecule has 0 atom stereocenters. The predicted octanol–water partition coefficient (Wildman–Crippen LogP) is 5.30. The van der Waals surface area contributed by atoms with Gasteiger partial charge < -0.3 is 4.74 Å². The Hall–Kier alpha value is -3.20.